The Hall–Kier alpha value is -1.27. The van der Waals surface area contributed by atoms with Crippen LogP contribution in [0.5, 0.6) is 0 Å². The number of ether oxygens (including phenoxy) is 1. The first kappa shape index (κ1) is 12.8. The molecule has 2 N–H and O–H groups in total. The van der Waals surface area contributed by atoms with E-state index >= 15 is 0 Å². The molecule has 1 rings (SSSR count). The summed E-state index contributed by atoms with van der Waals surface area (Å²) in [6.45, 7) is -0.180. The highest BCUT2D eigenvalue weighted by Crippen LogP contribution is 2.26. The van der Waals surface area contributed by atoms with Gasteiger partial charge < -0.3 is 10.5 Å². The molecule has 7 heteroatoms. The van der Waals surface area contributed by atoms with Crippen molar-refractivity contribution in [2.45, 2.75) is 13.0 Å². The molecule has 0 spiro atoms. The molecule has 0 aromatic carbocycles. The van der Waals surface area contributed by atoms with Gasteiger partial charge in [-0.05, 0) is 6.07 Å². The quantitative estimate of drug-likeness (QED) is 0.657. The van der Waals surface area contributed by atoms with Crippen LogP contribution < -0.4 is 5.73 Å². The topological polar surface area (TPSA) is 65.2 Å². The van der Waals surface area contributed by atoms with Gasteiger partial charge in [-0.15, -0.1) is 0 Å². The molecular weight excluding hydrogens is 242 g/mol. The minimum absolute atomic E-state index is 0.0346. The minimum Gasteiger partial charge on any atom is -0.465 e. The van der Waals surface area contributed by atoms with Crippen molar-refractivity contribution in [2.24, 2.45) is 5.73 Å². The molecule has 4 nitrogen and oxygen atoms in total. The monoisotopic (exact) mass is 250 g/mol. The number of hydrogen-bond donors (Lipinski definition) is 1. The van der Waals surface area contributed by atoms with Crippen LogP contribution in [0.3, 0.4) is 0 Å². The maximum Gasteiger partial charge on any atom is 0.341 e. The summed E-state index contributed by atoms with van der Waals surface area (Å²) >= 11 is 5.65. The summed E-state index contributed by atoms with van der Waals surface area (Å²) in [5.74, 6) is -0.817. The van der Waals surface area contributed by atoms with Crippen molar-refractivity contribution in [1.82, 2.24) is 4.98 Å². The standard InChI is InChI=1S/C9H9ClF2N2O2/c1-16-9(15)5-2-4(8(11)12)6(3-13)14-7(5)10/h2,8H,3,13H2,1H3. The molecule has 1 aromatic heterocycles. The zero-order chi connectivity index (χ0) is 12.3. The number of rotatable bonds is 3. The number of esters is 1. The molecule has 0 amide bonds. The third-order valence-corrected chi connectivity index (χ3v) is 2.21. The number of methoxy groups -OCH3 is 1. The predicted molar refractivity (Wildman–Crippen MR) is 53.4 cm³/mol. The van der Waals surface area contributed by atoms with Crippen LogP contribution in [0.15, 0.2) is 6.07 Å². The van der Waals surface area contributed by atoms with E-state index in [1.165, 1.54) is 0 Å². The highest BCUT2D eigenvalue weighted by molar-refractivity contribution is 6.32. The molecule has 16 heavy (non-hydrogen) atoms. The fourth-order valence-corrected chi connectivity index (χ4v) is 1.38. The largest absolute Gasteiger partial charge is 0.465 e. The minimum atomic E-state index is -2.77. The number of nitrogens with two attached hydrogens (primary N) is 1. The first-order valence-electron chi connectivity index (χ1n) is 4.27. The van der Waals surface area contributed by atoms with Crippen molar-refractivity contribution in [3.05, 3.63) is 28.0 Å². The highest BCUT2D eigenvalue weighted by atomic mass is 35.5. The van der Waals surface area contributed by atoms with E-state index < -0.39 is 18.0 Å². The molecule has 0 aliphatic heterocycles. The van der Waals surface area contributed by atoms with Crippen LogP contribution in [-0.4, -0.2) is 18.1 Å². The fourth-order valence-electron chi connectivity index (χ4n) is 1.15. The first-order chi connectivity index (χ1) is 7.51. The lowest BCUT2D eigenvalue weighted by Gasteiger charge is -2.09. The van der Waals surface area contributed by atoms with Crippen molar-refractivity contribution in [3.8, 4) is 0 Å². The molecule has 0 atom stereocenters. The van der Waals surface area contributed by atoms with Gasteiger partial charge in [0.05, 0.1) is 18.4 Å². The van der Waals surface area contributed by atoms with Gasteiger partial charge in [-0.25, -0.2) is 18.6 Å². The van der Waals surface area contributed by atoms with Crippen LogP contribution in [0.1, 0.15) is 28.0 Å². The predicted octanol–water partition coefficient (Wildman–Crippen LogP) is 1.92. The summed E-state index contributed by atoms with van der Waals surface area (Å²) in [6.07, 6.45) is -2.77. The van der Waals surface area contributed by atoms with Crippen molar-refractivity contribution in [1.29, 1.82) is 0 Å². The molecule has 0 aliphatic rings. The van der Waals surface area contributed by atoms with E-state index in [0.717, 1.165) is 13.2 Å². The molecular formula is C9H9ClF2N2O2. The molecule has 0 fully saturated rings. The van der Waals surface area contributed by atoms with Gasteiger partial charge in [0.1, 0.15) is 5.15 Å². The van der Waals surface area contributed by atoms with Gasteiger partial charge >= 0.3 is 5.97 Å². The number of carbonyl (C=O) groups excluding carboxylic acids is 1. The fraction of sp³-hybridized carbons (Fsp3) is 0.333. The number of carbonyl (C=O) groups is 1. The lowest BCUT2D eigenvalue weighted by Crippen LogP contribution is -2.10. The third kappa shape index (κ3) is 2.45. The van der Waals surface area contributed by atoms with Crippen LogP contribution in [0, 0.1) is 0 Å². The summed E-state index contributed by atoms with van der Waals surface area (Å²) < 4.78 is 29.6. The van der Waals surface area contributed by atoms with Gasteiger partial charge in [0.25, 0.3) is 6.43 Å². The Balaban J connectivity index is 3.33. The van der Waals surface area contributed by atoms with E-state index in [2.05, 4.69) is 9.72 Å². The van der Waals surface area contributed by atoms with Crippen LogP contribution in [0.25, 0.3) is 0 Å². The molecule has 0 bridgehead atoms. The van der Waals surface area contributed by atoms with Gasteiger partial charge in [0.2, 0.25) is 0 Å². The number of halogens is 3. The van der Waals surface area contributed by atoms with Gasteiger partial charge in [-0.3, -0.25) is 0 Å². The molecule has 0 aliphatic carbocycles. The lowest BCUT2D eigenvalue weighted by atomic mass is 10.1. The average Bonchev–Trinajstić information content (AvgIpc) is 2.27. The Morgan fingerprint density at radius 3 is 2.75 bits per heavy atom. The normalized spacial score (nSPS) is 10.6. The van der Waals surface area contributed by atoms with Crippen molar-refractivity contribution in [2.75, 3.05) is 7.11 Å². The second-order valence-corrected chi connectivity index (χ2v) is 3.22. The number of nitrogens with zero attached hydrogens (tertiary/aromatic N) is 1. The van der Waals surface area contributed by atoms with E-state index in [4.69, 9.17) is 17.3 Å². The molecule has 0 unspecified atom stereocenters. The van der Waals surface area contributed by atoms with E-state index in [1.54, 1.807) is 0 Å². The third-order valence-electron chi connectivity index (χ3n) is 1.92. The van der Waals surface area contributed by atoms with Gasteiger partial charge in [0, 0.05) is 12.1 Å². The van der Waals surface area contributed by atoms with Crippen molar-refractivity contribution < 1.29 is 18.3 Å². The van der Waals surface area contributed by atoms with Gasteiger partial charge in [0.15, 0.2) is 0 Å². The van der Waals surface area contributed by atoms with Crippen LogP contribution in [0.4, 0.5) is 8.78 Å². The van der Waals surface area contributed by atoms with Crippen molar-refractivity contribution in [3.63, 3.8) is 0 Å². The Kier molecular flexibility index (Phi) is 4.14. The smallest absolute Gasteiger partial charge is 0.341 e. The summed E-state index contributed by atoms with van der Waals surface area (Å²) in [5, 5.41) is -0.197. The van der Waals surface area contributed by atoms with E-state index in [1.807, 2.05) is 0 Å². The summed E-state index contributed by atoms with van der Waals surface area (Å²) in [7, 11) is 1.12. The highest BCUT2D eigenvalue weighted by Gasteiger charge is 2.20. The van der Waals surface area contributed by atoms with Crippen LogP contribution in [0.2, 0.25) is 5.15 Å². The molecule has 1 aromatic rings. The Morgan fingerprint density at radius 2 is 2.31 bits per heavy atom. The number of aromatic nitrogens is 1. The summed E-state index contributed by atoms with van der Waals surface area (Å²) in [5.41, 5.74) is 4.60. The second kappa shape index (κ2) is 5.18. The maximum absolute atomic E-state index is 12.6. The summed E-state index contributed by atoms with van der Waals surface area (Å²) in [4.78, 5) is 14.8. The average molecular weight is 251 g/mol. The van der Waals surface area contributed by atoms with Crippen LogP contribution in [-0.2, 0) is 11.3 Å². The Morgan fingerprint density at radius 1 is 1.69 bits per heavy atom. The zero-order valence-corrected chi connectivity index (χ0v) is 9.09. The lowest BCUT2D eigenvalue weighted by molar-refractivity contribution is 0.0600. The Bertz CT molecular complexity index is 413. The number of alkyl halides is 2. The molecule has 88 valence electrons. The van der Waals surface area contributed by atoms with E-state index in [0.29, 0.717) is 0 Å². The van der Waals surface area contributed by atoms with Gasteiger partial charge in [-0.2, -0.15) is 0 Å². The zero-order valence-electron chi connectivity index (χ0n) is 8.34. The molecule has 0 radical (unpaired) electrons. The number of pyridine rings is 1. The molecule has 0 saturated heterocycles. The first-order valence-corrected chi connectivity index (χ1v) is 4.64. The van der Waals surface area contributed by atoms with E-state index in [9.17, 15) is 13.6 Å². The maximum atomic E-state index is 12.6. The number of hydrogen-bond acceptors (Lipinski definition) is 4. The SMILES string of the molecule is COC(=O)c1cc(C(F)F)c(CN)nc1Cl. The molecule has 0 saturated carbocycles. The van der Waals surface area contributed by atoms with Crippen LogP contribution >= 0.6 is 11.6 Å². The second-order valence-electron chi connectivity index (χ2n) is 2.86. The van der Waals surface area contributed by atoms with Gasteiger partial charge in [-0.1, -0.05) is 11.6 Å². The molecule has 1 heterocycles. The summed E-state index contributed by atoms with van der Waals surface area (Å²) in [6, 6.07) is 0.952. The van der Waals surface area contributed by atoms with E-state index in [-0.39, 0.29) is 23.0 Å². The Labute approximate surface area is 95.4 Å². The van der Waals surface area contributed by atoms with Crippen molar-refractivity contribution >= 4 is 17.6 Å².